The van der Waals surface area contributed by atoms with E-state index < -0.39 is 59.7 Å². The van der Waals surface area contributed by atoms with Crippen molar-refractivity contribution in [1.29, 1.82) is 0 Å². The van der Waals surface area contributed by atoms with Crippen molar-refractivity contribution < 1.29 is 57.5 Å². The van der Waals surface area contributed by atoms with Crippen LogP contribution >= 0.6 is 0 Å². The summed E-state index contributed by atoms with van der Waals surface area (Å²) in [6, 6.07) is 0. The number of hydrogen-bond acceptors (Lipinski definition) is 12. The van der Waals surface area contributed by atoms with Gasteiger partial charge in [0.25, 0.3) is 0 Å². The molecule has 0 N–H and O–H groups in total. The Morgan fingerprint density at radius 2 is 1.40 bits per heavy atom. The molecule has 0 bridgehead atoms. The van der Waals surface area contributed by atoms with Crippen LogP contribution < -0.4 is 0 Å². The summed E-state index contributed by atoms with van der Waals surface area (Å²) in [6.45, 7) is 8.98. The van der Waals surface area contributed by atoms with E-state index in [1.54, 1.807) is 6.92 Å². The number of carbonyl (C=O) groups excluding carboxylic acids is 6. The van der Waals surface area contributed by atoms with E-state index in [0.717, 1.165) is 13.8 Å². The lowest BCUT2D eigenvalue weighted by Crippen LogP contribution is -2.67. The second-order valence-corrected chi connectivity index (χ2v) is 8.18. The van der Waals surface area contributed by atoms with Gasteiger partial charge in [0, 0.05) is 19.8 Å². The van der Waals surface area contributed by atoms with Crippen LogP contribution in [0.4, 0.5) is 0 Å². The number of esters is 4. The van der Waals surface area contributed by atoms with Crippen LogP contribution in [-0.4, -0.2) is 53.8 Å². The molecule has 0 aliphatic heterocycles. The molecule has 0 spiro atoms. The van der Waals surface area contributed by atoms with Gasteiger partial charge in [-0.3, -0.25) is 19.2 Å². The molecule has 0 aliphatic rings. The molecule has 0 amide bonds. The Kier molecular flexibility index (Phi) is 13.6. The Morgan fingerprint density at radius 1 is 0.771 bits per heavy atom. The third kappa shape index (κ3) is 9.91. The first-order valence-corrected chi connectivity index (χ1v) is 11.5. The minimum absolute atomic E-state index is 0.0896. The molecule has 0 aromatic rings. The first-order valence-electron chi connectivity index (χ1n) is 11.5. The van der Waals surface area contributed by atoms with Crippen molar-refractivity contribution in [3.05, 3.63) is 0 Å². The summed E-state index contributed by atoms with van der Waals surface area (Å²) in [6.07, 6.45) is 0.857. The number of hydrogen-bond donors (Lipinski definition) is 0. The summed E-state index contributed by atoms with van der Waals surface area (Å²) in [5, 5.41) is 0. The van der Waals surface area contributed by atoms with Crippen LogP contribution in [0.2, 0.25) is 0 Å². The molecule has 0 rings (SSSR count). The van der Waals surface area contributed by atoms with Crippen molar-refractivity contribution in [3.8, 4) is 0 Å². The molecule has 35 heavy (non-hydrogen) atoms. The summed E-state index contributed by atoms with van der Waals surface area (Å²) in [4.78, 5) is 83.4. The summed E-state index contributed by atoms with van der Waals surface area (Å²) >= 11 is 0. The van der Waals surface area contributed by atoms with Gasteiger partial charge in [0.05, 0.1) is 12.3 Å². The van der Waals surface area contributed by atoms with Gasteiger partial charge in [0.2, 0.25) is 5.60 Å². The van der Waals surface area contributed by atoms with Crippen molar-refractivity contribution in [3.63, 3.8) is 0 Å². The maximum absolute atomic E-state index is 13.3. The fraction of sp³-hybridized carbons (Fsp3) is 0.739. The van der Waals surface area contributed by atoms with Crippen LogP contribution in [0.15, 0.2) is 0 Å². The van der Waals surface area contributed by atoms with E-state index in [2.05, 4.69) is 9.78 Å². The second kappa shape index (κ2) is 14.9. The highest BCUT2D eigenvalue weighted by molar-refractivity contribution is 5.88. The highest BCUT2D eigenvalue weighted by Gasteiger charge is 2.67. The predicted molar refractivity (Wildman–Crippen MR) is 118 cm³/mol. The topological polar surface area (TPSA) is 158 Å². The molecule has 0 radical (unpaired) electrons. The summed E-state index contributed by atoms with van der Waals surface area (Å²) in [7, 11) is 0. The van der Waals surface area contributed by atoms with Crippen molar-refractivity contribution in [2.75, 3.05) is 6.61 Å². The molecule has 0 saturated heterocycles. The Hall–Kier alpha value is -3.18. The average Bonchev–Trinajstić information content (AvgIpc) is 2.78. The van der Waals surface area contributed by atoms with Gasteiger partial charge >= 0.3 is 41.6 Å². The van der Waals surface area contributed by atoms with Gasteiger partial charge in [-0.2, -0.15) is 0 Å². The average molecular weight is 505 g/mol. The zero-order valence-electron chi connectivity index (χ0n) is 21.4. The molecule has 0 saturated carbocycles. The van der Waals surface area contributed by atoms with Gasteiger partial charge < -0.3 is 18.9 Å². The maximum atomic E-state index is 13.3. The number of ether oxygens (including phenoxy) is 4. The third-order valence-electron chi connectivity index (χ3n) is 4.52. The summed E-state index contributed by atoms with van der Waals surface area (Å²) in [5.41, 5.74) is -2.42. The van der Waals surface area contributed by atoms with E-state index in [1.165, 1.54) is 20.8 Å². The first kappa shape index (κ1) is 31.8. The van der Waals surface area contributed by atoms with Crippen LogP contribution in [0.1, 0.15) is 87.0 Å². The molecular formula is C23H36O12. The lowest BCUT2D eigenvalue weighted by molar-refractivity contribution is -0.327. The van der Waals surface area contributed by atoms with Crippen LogP contribution in [0, 0.1) is 5.92 Å². The van der Waals surface area contributed by atoms with Gasteiger partial charge in [-0.25, -0.2) is 19.4 Å². The number of rotatable bonds is 14. The molecule has 12 nitrogen and oxygen atoms in total. The van der Waals surface area contributed by atoms with Crippen LogP contribution in [0.25, 0.3) is 0 Å². The largest absolute Gasteiger partial charge is 0.461 e. The molecule has 0 aromatic carbocycles. The third-order valence-corrected chi connectivity index (χ3v) is 4.52. The number of unbranched alkanes of at least 4 members (excludes halogenated alkanes) is 1. The van der Waals surface area contributed by atoms with E-state index in [9.17, 15) is 28.8 Å². The van der Waals surface area contributed by atoms with Crippen molar-refractivity contribution in [2.45, 2.75) is 98.4 Å². The van der Waals surface area contributed by atoms with Gasteiger partial charge in [-0.15, -0.1) is 0 Å². The Labute approximate surface area is 204 Å². The zero-order chi connectivity index (χ0) is 27.2. The van der Waals surface area contributed by atoms with Crippen molar-refractivity contribution >= 4 is 35.8 Å². The normalized spacial score (nSPS) is 14.1. The summed E-state index contributed by atoms with van der Waals surface area (Å²) in [5.74, 6) is -10.4. The molecule has 0 heterocycles. The highest BCUT2D eigenvalue weighted by Crippen LogP contribution is 2.36. The molecule has 2 atom stereocenters. The van der Waals surface area contributed by atoms with Crippen LogP contribution in [-0.2, 0) is 57.5 Å². The highest BCUT2D eigenvalue weighted by atomic mass is 17.2. The van der Waals surface area contributed by atoms with Crippen LogP contribution in [0.5, 0.6) is 0 Å². The zero-order valence-corrected chi connectivity index (χ0v) is 21.4. The fourth-order valence-electron chi connectivity index (χ4n) is 2.47. The standard InChI is InChI=1S/C23H36O12/c1-8-11-13-19(27)34-35-21(29)23(32-18(26)12-9-2,33-20(28)15(4)5)22(7,14-30-16(6)24)31-17(25)10-3/h15H,8-14H2,1-7H3. The smallest absolute Gasteiger partial charge is 0.444 e. The van der Waals surface area contributed by atoms with E-state index in [4.69, 9.17) is 18.9 Å². The lowest BCUT2D eigenvalue weighted by Gasteiger charge is -2.42. The van der Waals surface area contributed by atoms with E-state index in [-0.39, 0.29) is 25.7 Å². The molecule has 0 aliphatic carbocycles. The minimum Gasteiger partial charge on any atom is -0.461 e. The first-order chi connectivity index (χ1) is 16.3. The summed E-state index contributed by atoms with van der Waals surface area (Å²) < 4.78 is 20.9. The van der Waals surface area contributed by atoms with Gasteiger partial charge in [0.15, 0.2) is 0 Å². The molecule has 12 heteroatoms. The van der Waals surface area contributed by atoms with E-state index in [0.29, 0.717) is 12.8 Å². The van der Waals surface area contributed by atoms with E-state index in [1.807, 2.05) is 6.92 Å². The Bertz CT molecular complexity index is 774. The predicted octanol–water partition coefficient (Wildman–Crippen LogP) is 2.69. The van der Waals surface area contributed by atoms with Crippen LogP contribution in [0.3, 0.4) is 0 Å². The van der Waals surface area contributed by atoms with E-state index >= 15 is 0 Å². The van der Waals surface area contributed by atoms with Gasteiger partial charge in [-0.1, -0.05) is 41.0 Å². The van der Waals surface area contributed by atoms with Gasteiger partial charge in [-0.05, 0) is 19.8 Å². The van der Waals surface area contributed by atoms with Crippen molar-refractivity contribution in [2.24, 2.45) is 5.92 Å². The fourth-order valence-corrected chi connectivity index (χ4v) is 2.47. The lowest BCUT2D eigenvalue weighted by atomic mass is 9.94. The molecule has 2 unspecified atom stereocenters. The molecule has 0 aromatic heterocycles. The Morgan fingerprint density at radius 3 is 1.89 bits per heavy atom. The molecular weight excluding hydrogens is 468 g/mol. The second-order valence-electron chi connectivity index (χ2n) is 8.18. The number of carbonyl (C=O) groups is 6. The minimum atomic E-state index is -3.12. The SMILES string of the molecule is CCCCC(=O)OOC(=O)C(OC(=O)CCC)(OC(=O)C(C)C)C(C)(COC(C)=O)OC(=O)CC. The quantitative estimate of drug-likeness (QED) is 0.112. The molecule has 0 fully saturated rings. The van der Waals surface area contributed by atoms with Crippen molar-refractivity contribution in [1.82, 2.24) is 0 Å². The maximum Gasteiger partial charge on any atom is 0.444 e. The van der Waals surface area contributed by atoms with Gasteiger partial charge in [0.1, 0.15) is 6.61 Å². The Balaban J connectivity index is 6.73. The molecule has 200 valence electrons. The monoisotopic (exact) mass is 504 g/mol.